The number of hydrogen-bond donors (Lipinski definition) is 1. The van der Waals surface area contributed by atoms with Crippen LogP contribution in [0, 0.1) is 6.92 Å². The van der Waals surface area contributed by atoms with E-state index in [-0.39, 0.29) is 5.02 Å². The zero-order valence-corrected chi connectivity index (χ0v) is 11.5. The van der Waals surface area contributed by atoms with E-state index < -0.39 is 11.7 Å². The Morgan fingerprint density at radius 1 is 1.05 bits per heavy atom. The summed E-state index contributed by atoms with van der Waals surface area (Å²) in [5, 5.41) is 2.67. The molecule has 0 atom stereocenters. The molecule has 0 aliphatic heterocycles. The van der Waals surface area contributed by atoms with Gasteiger partial charge in [-0.1, -0.05) is 41.4 Å². The Bertz CT molecular complexity index is 591. The van der Waals surface area contributed by atoms with Crippen LogP contribution in [0.25, 0.3) is 0 Å². The van der Waals surface area contributed by atoms with Crippen molar-refractivity contribution >= 4 is 17.3 Å². The van der Waals surface area contributed by atoms with Gasteiger partial charge in [0.1, 0.15) is 0 Å². The van der Waals surface area contributed by atoms with Crippen molar-refractivity contribution in [3.05, 3.63) is 64.2 Å². The third-order valence-electron chi connectivity index (χ3n) is 2.89. The molecular formula is C15H13ClF3N. The van der Waals surface area contributed by atoms with Crippen LogP contribution in [0.4, 0.5) is 18.9 Å². The molecule has 0 unspecified atom stereocenters. The third kappa shape index (κ3) is 3.67. The standard InChI is InChI=1S/C15H13ClF3N/c1-10-2-4-11(5-3-10)9-20-12-6-7-14(16)13(8-12)15(17,18)19/h2-8,20H,9H2,1H3. The van der Waals surface area contributed by atoms with E-state index in [9.17, 15) is 13.2 Å². The molecule has 0 aromatic heterocycles. The molecule has 0 spiro atoms. The minimum absolute atomic E-state index is 0.293. The lowest BCUT2D eigenvalue weighted by atomic mass is 10.1. The molecule has 0 radical (unpaired) electrons. The average Bonchev–Trinajstić information content (AvgIpc) is 2.38. The van der Waals surface area contributed by atoms with Crippen LogP contribution in [0.15, 0.2) is 42.5 Å². The monoisotopic (exact) mass is 299 g/mol. The van der Waals surface area contributed by atoms with Crippen LogP contribution in [-0.2, 0) is 12.7 Å². The average molecular weight is 300 g/mol. The fraction of sp³-hybridized carbons (Fsp3) is 0.200. The fourth-order valence-corrected chi connectivity index (χ4v) is 1.99. The molecular weight excluding hydrogens is 287 g/mol. The van der Waals surface area contributed by atoms with Crippen LogP contribution < -0.4 is 5.32 Å². The van der Waals surface area contributed by atoms with E-state index in [1.807, 2.05) is 31.2 Å². The summed E-state index contributed by atoms with van der Waals surface area (Å²) in [5.41, 5.74) is 1.70. The number of hydrogen-bond acceptors (Lipinski definition) is 1. The molecule has 1 N–H and O–H groups in total. The first-order chi connectivity index (χ1) is 9.36. The summed E-state index contributed by atoms with van der Waals surface area (Å²) < 4.78 is 38.2. The Balaban J connectivity index is 2.12. The molecule has 5 heteroatoms. The van der Waals surface area contributed by atoms with Gasteiger partial charge < -0.3 is 5.32 Å². The molecule has 20 heavy (non-hydrogen) atoms. The lowest BCUT2D eigenvalue weighted by Gasteiger charge is -2.12. The number of aryl methyl sites for hydroxylation is 1. The molecule has 0 aliphatic carbocycles. The SMILES string of the molecule is Cc1ccc(CNc2ccc(Cl)c(C(F)(F)F)c2)cc1. The highest BCUT2D eigenvalue weighted by molar-refractivity contribution is 6.31. The topological polar surface area (TPSA) is 12.0 Å². The van der Waals surface area contributed by atoms with Gasteiger partial charge in [-0.05, 0) is 30.7 Å². The molecule has 0 amide bonds. The number of nitrogens with one attached hydrogen (secondary N) is 1. The molecule has 0 fully saturated rings. The van der Waals surface area contributed by atoms with Gasteiger partial charge in [0.15, 0.2) is 0 Å². The predicted molar refractivity (Wildman–Crippen MR) is 75.0 cm³/mol. The lowest BCUT2D eigenvalue weighted by molar-refractivity contribution is -0.137. The first-order valence-electron chi connectivity index (χ1n) is 6.02. The van der Waals surface area contributed by atoms with Crippen LogP contribution in [0.1, 0.15) is 16.7 Å². The maximum Gasteiger partial charge on any atom is 0.417 e. The van der Waals surface area contributed by atoms with Gasteiger partial charge in [-0.3, -0.25) is 0 Å². The van der Waals surface area contributed by atoms with Crippen molar-refractivity contribution in [1.29, 1.82) is 0 Å². The second-order valence-electron chi connectivity index (χ2n) is 4.53. The van der Waals surface area contributed by atoms with E-state index in [4.69, 9.17) is 11.6 Å². The summed E-state index contributed by atoms with van der Waals surface area (Å²) >= 11 is 5.57. The van der Waals surface area contributed by atoms with Crippen LogP contribution in [0.2, 0.25) is 5.02 Å². The van der Waals surface area contributed by atoms with Gasteiger partial charge >= 0.3 is 6.18 Å². The molecule has 0 heterocycles. The van der Waals surface area contributed by atoms with Crippen molar-refractivity contribution in [1.82, 2.24) is 0 Å². The zero-order chi connectivity index (χ0) is 14.8. The Kier molecular flexibility index (Phi) is 4.23. The predicted octanol–water partition coefficient (Wildman–Crippen LogP) is 5.28. The zero-order valence-electron chi connectivity index (χ0n) is 10.8. The lowest BCUT2D eigenvalue weighted by Crippen LogP contribution is -2.07. The number of anilines is 1. The van der Waals surface area contributed by atoms with Crippen molar-refractivity contribution in [2.24, 2.45) is 0 Å². The summed E-state index contributed by atoms with van der Waals surface area (Å²) in [7, 11) is 0. The maximum atomic E-state index is 12.7. The van der Waals surface area contributed by atoms with Gasteiger partial charge in [-0.15, -0.1) is 0 Å². The Morgan fingerprint density at radius 2 is 1.70 bits per heavy atom. The number of alkyl halides is 3. The van der Waals surface area contributed by atoms with Crippen LogP contribution in [0.5, 0.6) is 0 Å². The van der Waals surface area contributed by atoms with Gasteiger partial charge in [0.2, 0.25) is 0 Å². The second-order valence-corrected chi connectivity index (χ2v) is 4.94. The Morgan fingerprint density at radius 3 is 2.30 bits per heavy atom. The Labute approximate surface area is 120 Å². The second kappa shape index (κ2) is 5.75. The minimum atomic E-state index is -4.45. The molecule has 1 nitrogen and oxygen atoms in total. The summed E-state index contributed by atoms with van der Waals surface area (Å²) in [5.74, 6) is 0. The summed E-state index contributed by atoms with van der Waals surface area (Å²) in [6.07, 6.45) is -4.45. The minimum Gasteiger partial charge on any atom is -0.381 e. The summed E-state index contributed by atoms with van der Waals surface area (Å²) in [4.78, 5) is 0. The van der Waals surface area contributed by atoms with Crippen molar-refractivity contribution in [3.8, 4) is 0 Å². The number of benzene rings is 2. The highest BCUT2D eigenvalue weighted by atomic mass is 35.5. The molecule has 2 aromatic carbocycles. The summed E-state index contributed by atoms with van der Waals surface area (Å²) in [6, 6.07) is 11.6. The van der Waals surface area contributed by atoms with Crippen molar-refractivity contribution in [2.45, 2.75) is 19.6 Å². The molecule has 0 saturated heterocycles. The summed E-state index contributed by atoms with van der Waals surface area (Å²) in [6.45, 7) is 2.44. The highest BCUT2D eigenvalue weighted by Gasteiger charge is 2.33. The van der Waals surface area contributed by atoms with E-state index in [1.54, 1.807) is 0 Å². The number of halogens is 4. The largest absolute Gasteiger partial charge is 0.417 e. The Hall–Kier alpha value is -1.68. The first-order valence-corrected chi connectivity index (χ1v) is 6.40. The first kappa shape index (κ1) is 14.7. The molecule has 2 rings (SSSR count). The molecule has 0 bridgehead atoms. The fourth-order valence-electron chi connectivity index (χ4n) is 1.76. The van der Waals surface area contributed by atoms with E-state index in [0.717, 1.165) is 17.2 Å². The van der Waals surface area contributed by atoms with Gasteiger partial charge in [-0.2, -0.15) is 13.2 Å². The van der Waals surface area contributed by atoms with Crippen LogP contribution in [-0.4, -0.2) is 0 Å². The van der Waals surface area contributed by atoms with E-state index >= 15 is 0 Å². The van der Waals surface area contributed by atoms with Crippen LogP contribution >= 0.6 is 11.6 Å². The normalized spacial score (nSPS) is 11.4. The molecule has 106 valence electrons. The molecule has 0 aliphatic rings. The van der Waals surface area contributed by atoms with Gasteiger partial charge in [0.05, 0.1) is 10.6 Å². The van der Waals surface area contributed by atoms with E-state index in [2.05, 4.69) is 5.32 Å². The van der Waals surface area contributed by atoms with Crippen molar-refractivity contribution < 1.29 is 13.2 Å². The molecule has 0 saturated carbocycles. The van der Waals surface area contributed by atoms with E-state index in [0.29, 0.717) is 12.2 Å². The third-order valence-corrected chi connectivity index (χ3v) is 3.22. The molecule has 2 aromatic rings. The smallest absolute Gasteiger partial charge is 0.381 e. The quantitative estimate of drug-likeness (QED) is 0.813. The van der Waals surface area contributed by atoms with Gasteiger partial charge in [-0.25, -0.2) is 0 Å². The number of rotatable bonds is 3. The van der Waals surface area contributed by atoms with Gasteiger partial charge in [0.25, 0.3) is 0 Å². The van der Waals surface area contributed by atoms with Crippen LogP contribution in [0.3, 0.4) is 0 Å². The maximum absolute atomic E-state index is 12.7. The van der Waals surface area contributed by atoms with Gasteiger partial charge in [0, 0.05) is 12.2 Å². The van der Waals surface area contributed by atoms with Crippen molar-refractivity contribution in [3.63, 3.8) is 0 Å². The van der Waals surface area contributed by atoms with Crippen molar-refractivity contribution in [2.75, 3.05) is 5.32 Å². The van der Waals surface area contributed by atoms with E-state index in [1.165, 1.54) is 12.1 Å². The highest BCUT2D eigenvalue weighted by Crippen LogP contribution is 2.36.